The fraction of sp³-hybridized carbons (Fsp3) is 0.286. The van der Waals surface area contributed by atoms with Gasteiger partial charge in [-0.3, -0.25) is 0 Å². The maximum atomic E-state index is 13.5. The van der Waals surface area contributed by atoms with Crippen LogP contribution in [0.5, 0.6) is 0 Å². The molecule has 2 aromatic carbocycles. The maximum absolute atomic E-state index is 13.5. The Morgan fingerprint density at radius 1 is 0.818 bits per heavy atom. The van der Waals surface area contributed by atoms with Gasteiger partial charge in [-0.15, -0.1) is 0 Å². The number of piperazine rings is 1. The Labute approximate surface area is 203 Å². The minimum atomic E-state index is -3.92. The Balaban J connectivity index is 1.58. The molecule has 0 bridgehead atoms. The van der Waals surface area contributed by atoms with Crippen molar-refractivity contribution in [3.8, 4) is 5.69 Å². The Morgan fingerprint density at radius 3 is 2.00 bits per heavy atom. The van der Waals surface area contributed by atoms with E-state index < -0.39 is 20.0 Å². The molecule has 12 heteroatoms. The molecule has 8 nitrogen and oxygen atoms in total. The second-order valence-electron chi connectivity index (χ2n) is 7.63. The summed E-state index contributed by atoms with van der Waals surface area (Å²) in [5, 5.41) is 4.75. The monoisotopic (exact) mass is 528 g/mol. The van der Waals surface area contributed by atoms with Gasteiger partial charge in [0.2, 0.25) is 20.0 Å². The molecule has 2 heterocycles. The standard InChI is InChI=1S/C21H22Cl2N4O4S2/c1-15-21(16(2)27(24-15)18-6-4-3-5-7-18)33(30,31)26-12-10-25(11-13-26)32(28,29)20-14-17(22)8-9-19(20)23/h3-9,14H,10-13H2,1-2H3. The van der Waals surface area contributed by atoms with Crippen molar-refractivity contribution in [2.45, 2.75) is 23.6 Å². The van der Waals surface area contributed by atoms with E-state index in [4.69, 9.17) is 23.2 Å². The average Bonchev–Trinajstić information content (AvgIpc) is 3.10. The van der Waals surface area contributed by atoms with Crippen LogP contribution in [0, 0.1) is 13.8 Å². The number of nitrogens with zero attached hydrogens (tertiary/aromatic N) is 4. The second kappa shape index (κ2) is 9.01. The average molecular weight is 529 g/mol. The van der Waals surface area contributed by atoms with Gasteiger partial charge in [0.1, 0.15) is 9.79 Å². The molecule has 0 unspecified atom stereocenters. The molecule has 1 aliphatic heterocycles. The molecule has 0 radical (unpaired) electrons. The van der Waals surface area contributed by atoms with E-state index in [-0.39, 0.29) is 46.0 Å². The zero-order valence-electron chi connectivity index (χ0n) is 17.9. The third-order valence-electron chi connectivity index (χ3n) is 5.53. The van der Waals surface area contributed by atoms with Crippen molar-refractivity contribution >= 4 is 43.2 Å². The summed E-state index contributed by atoms with van der Waals surface area (Å²) in [6.45, 7) is 3.37. The van der Waals surface area contributed by atoms with Crippen LogP contribution < -0.4 is 0 Å². The predicted octanol–water partition coefficient (Wildman–Crippen LogP) is 3.49. The first kappa shape index (κ1) is 24.2. The van der Waals surface area contributed by atoms with Crippen molar-refractivity contribution in [3.05, 3.63) is 70.0 Å². The molecule has 1 fully saturated rings. The summed E-state index contributed by atoms with van der Waals surface area (Å²) in [7, 11) is -7.80. The summed E-state index contributed by atoms with van der Waals surface area (Å²) >= 11 is 12.0. The number of hydrogen-bond donors (Lipinski definition) is 0. The van der Waals surface area contributed by atoms with E-state index >= 15 is 0 Å². The third kappa shape index (κ3) is 4.43. The van der Waals surface area contributed by atoms with Crippen LogP contribution in [-0.4, -0.2) is 61.4 Å². The van der Waals surface area contributed by atoms with Gasteiger partial charge in [-0.25, -0.2) is 21.5 Å². The van der Waals surface area contributed by atoms with E-state index in [1.54, 1.807) is 18.5 Å². The molecule has 4 rings (SSSR count). The quantitative estimate of drug-likeness (QED) is 0.505. The van der Waals surface area contributed by atoms with Crippen LogP contribution in [0.1, 0.15) is 11.4 Å². The van der Waals surface area contributed by atoms with Gasteiger partial charge in [0.05, 0.1) is 22.1 Å². The number of para-hydroxylation sites is 1. The number of aryl methyl sites for hydroxylation is 1. The minimum Gasteiger partial charge on any atom is -0.236 e. The van der Waals surface area contributed by atoms with Gasteiger partial charge in [0.15, 0.2) is 0 Å². The van der Waals surface area contributed by atoms with Crippen LogP contribution in [0.25, 0.3) is 5.69 Å². The third-order valence-corrected chi connectivity index (χ3v) is 10.3. The lowest BCUT2D eigenvalue weighted by Crippen LogP contribution is -2.50. The van der Waals surface area contributed by atoms with Crippen LogP contribution in [0.15, 0.2) is 58.3 Å². The number of hydrogen-bond acceptors (Lipinski definition) is 5. The van der Waals surface area contributed by atoms with Crippen LogP contribution in [-0.2, 0) is 20.0 Å². The number of benzene rings is 2. The molecule has 3 aromatic rings. The SMILES string of the molecule is Cc1nn(-c2ccccc2)c(C)c1S(=O)(=O)N1CCN(S(=O)(=O)c2cc(Cl)ccc2Cl)CC1. The second-order valence-corrected chi connectivity index (χ2v) is 12.3. The first-order chi connectivity index (χ1) is 15.5. The van der Waals surface area contributed by atoms with Crippen molar-refractivity contribution in [2.75, 3.05) is 26.2 Å². The molecule has 0 atom stereocenters. The minimum absolute atomic E-state index is 0.00464. The Hall–Kier alpha value is -1.95. The van der Waals surface area contributed by atoms with E-state index in [9.17, 15) is 16.8 Å². The Morgan fingerprint density at radius 2 is 1.39 bits per heavy atom. The Kier molecular flexibility index (Phi) is 6.60. The highest BCUT2D eigenvalue weighted by Gasteiger charge is 2.37. The van der Waals surface area contributed by atoms with Gasteiger partial charge in [-0.05, 0) is 44.2 Å². The maximum Gasteiger partial charge on any atom is 0.246 e. The van der Waals surface area contributed by atoms with Crippen LogP contribution in [0.4, 0.5) is 0 Å². The molecule has 0 spiro atoms. The van der Waals surface area contributed by atoms with Crippen molar-refractivity contribution < 1.29 is 16.8 Å². The summed E-state index contributed by atoms with van der Waals surface area (Å²) in [5.41, 5.74) is 1.64. The number of rotatable bonds is 5. The largest absolute Gasteiger partial charge is 0.246 e. The predicted molar refractivity (Wildman–Crippen MR) is 127 cm³/mol. The molecule has 0 amide bonds. The zero-order valence-corrected chi connectivity index (χ0v) is 21.1. The molecule has 33 heavy (non-hydrogen) atoms. The molecule has 1 saturated heterocycles. The Bertz CT molecular complexity index is 1400. The van der Waals surface area contributed by atoms with Crippen molar-refractivity contribution in [2.24, 2.45) is 0 Å². The van der Waals surface area contributed by atoms with E-state index in [0.717, 1.165) is 5.69 Å². The highest BCUT2D eigenvalue weighted by molar-refractivity contribution is 7.89. The normalized spacial score (nSPS) is 16.2. The summed E-state index contributed by atoms with van der Waals surface area (Å²) in [6, 6.07) is 13.5. The molecule has 0 aliphatic carbocycles. The number of halogens is 2. The van der Waals surface area contributed by atoms with E-state index in [1.807, 2.05) is 30.3 Å². The molecular weight excluding hydrogens is 507 g/mol. The molecule has 176 valence electrons. The molecular formula is C21H22Cl2N4O4S2. The highest BCUT2D eigenvalue weighted by Crippen LogP contribution is 2.30. The molecule has 1 aromatic heterocycles. The summed E-state index contributed by atoms with van der Waals surface area (Å²) in [5.74, 6) is 0. The summed E-state index contributed by atoms with van der Waals surface area (Å²) in [6.07, 6.45) is 0. The van der Waals surface area contributed by atoms with Crippen molar-refractivity contribution in [1.29, 1.82) is 0 Å². The summed E-state index contributed by atoms with van der Waals surface area (Å²) in [4.78, 5) is 0.0457. The van der Waals surface area contributed by atoms with Gasteiger partial charge in [0.25, 0.3) is 0 Å². The topological polar surface area (TPSA) is 92.6 Å². The lowest BCUT2D eigenvalue weighted by molar-refractivity contribution is 0.272. The van der Waals surface area contributed by atoms with Gasteiger partial charge >= 0.3 is 0 Å². The van der Waals surface area contributed by atoms with Crippen LogP contribution in [0.2, 0.25) is 10.0 Å². The lowest BCUT2D eigenvalue weighted by Gasteiger charge is -2.33. The first-order valence-corrected chi connectivity index (χ1v) is 13.7. The summed E-state index contributed by atoms with van der Waals surface area (Å²) < 4.78 is 57.2. The van der Waals surface area contributed by atoms with Crippen LogP contribution >= 0.6 is 23.2 Å². The van der Waals surface area contributed by atoms with Crippen molar-refractivity contribution in [3.63, 3.8) is 0 Å². The fourth-order valence-electron chi connectivity index (χ4n) is 3.92. The fourth-order valence-corrected chi connectivity index (χ4v) is 7.85. The highest BCUT2D eigenvalue weighted by atomic mass is 35.5. The van der Waals surface area contributed by atoms with Gasteiger partial charge in [-0.2, -0.15) is 13.7 Å². The molecule has 1 aliphatic rings. The van der Waals surface area contributed by atoms with Gasteiger partial charge in [0, 0.05) is 31.2 Å². The van der Waals surface area contributed by atoms with Crippen LogP contribution in [0.3, 0.4) is 0 Å². The first-order valence-electron chi connectivity index (χ1n) is 10.1. The molecule has 0 N–H and O–H groups in total. The van der Waals surface area contributed by atoms with Gasteiger partial charge in [-0.1, -0.05) is 41.4 Å². The molecule has 0 saturated carbocycles. The van der Waals surface area contributed by atoms with E-state index in [1.165, 1.54) is 26.8 Å². The smallest absolute Gasteiger partial charge is 0.236 e. The van der Waals surface area contributed by atoms with E-state index in [0.29, 0.717) is 11.4 Å². The van der Waals surface area contributed by atoms with E-state index in [2.05, 4.69) is 5.10 Å². The van der Waals surface area contributed by atoms with Gasteiger partial charge < -0.3 is 0 Å². The number of sulfonamides is 2. The number of aromatic nitrogens is 2. The zero-order chi connectivity index (χ0) is 24.0. The van der Waals surface area contributed by atoms with Crippen molar-refractivity contribution in [1.82, 2.24) is 18.4 Å². The lowest BCUT2D eigenvalue weighted by atomic mass is 10.3.